The zero-order valence-corrected chi connectivity index (χ0v) is 32.5. The number of nitrogens with zero attached hydrogens (tertiary/aromatic N) is 7. The fourth-order valence-corrected chi connectivity index (χ4v) is 7.98. The van der Waals surface area contributed by atoms with E-state index in [1.54, 1.807) is 61.9 Å². The topological polar surface area (TPSA) is 320 Å². The number of phenolic OH excluding ortho intramolecular Hbond substituents is 1. The van der Waals surface area contributed by atoms with E-state index in [0.29, 0.717) is 23.4 Å². The highest BCUT2D eigenvalue weighted by molar-refractivity contribution is 7.87. The fraction of sp³-hybridized carbons (Fsp3) is 0.0312. The predicted molar refractivity (Wildman–Crippen MR) is 199 cm³/mol. The average Bonchev–Trinajstić information content (AvgIpc) is 3.12. The summed E-state index contributed by atoms with van der Waals surface area (Å²) in [4.78, 5) is 8.16. The largest absolute Gasteiger partial charge is 0.505 e. The van der Waals surface area contributed by atoms with Gasteiger partial charge in [-0.2, -0.15) is 46.2 Å². The molecule has 2 heterocycles. The Morgan fingerprint density at radius 2 is 1.39 bits per heavy atom. The van der Waals surface area contributed by atoms with Gasteiger partial charge in [0.2, 0.25) is 0 Å². The zero-order valence-electron chi connectivity index (χ0n) is 29.2. The van der Waals surface area contributed by atoms with Crippen molar-refractivity contribution in [2.24, 2.45) is 10.2 Å². The molecule has 6 N–H and O–H groups in total. The van der Waals surface area contributed by atoms with Crippen molar-refractivity contribution in [2.75, 3.05) is 17.3 Å². The Kier molecular flexibility index (Phi) is 10.8. The molecule has 6 aromatic rings. The highest BCUT2D eigenvalue weighted by atomic mass is 32.2. The lowest BCUT2D eigenvalue weighted by molar-refractivity contribution is -0.603. The van der Waals surface area contributed by atoms with Crippen molar-refractivity contribution in [2.45, 2.75) is 19.6 Å². The van der Waals surface area contributed by atoms with Crippen LogP contribution in [0.4, 0.5) is 43.4 Å². The van der Waals surface area contributed by atoms with Crippen LogP contribution in [0.2, 0.25) is 0 Å². The van der Waals surface area contributed by atoms with Crippen molar-refractivity contribution in [3.8, 4) is 11.7 Å². The van der Waals surface area contributed by atoms with Crippen LogP contribution >= 0.6 is 0 Å². The quantitative estimate of drug-likeness (QED) is 0.0455. The summed E-state index contributed by atoms with van der Waals surface area (Å²) >= 11 is 0. The minimum Gasteiger partial charge on any atom is -0.505 e. The number of pyridine rings is 1. The summed E-state index contributed by atoms with van der Waals surface area (Å²) in [6.45, 7) is 3.82. The van der Waals surface area contributed by atoms with Crippen molar-refractivity contribution >= 4 is 85.9 Å². The molecule has 0 aliphatic rings. The summed E-state index contributed by atoms with van der Waals surface area (Å²) in [6, 6.07) is 13.6. The molecule has 0 aliphatic carbocycles. The lowest BCUT2D eigenvalue weighted by Crippen LogP contribution is -2.33. The molecule has 0 spiro atoms. The molecule has 6 rings (SSSR count). The van der Waals surface area contributed by atoms with Crippen LogP contribution in [-0.4, -0.2) is 79.0 Å². The molecule has 0 bridgehead atoms. The molecule has 2 aromatic heterocycles. The molecule has 4 aromatic carbocycles. The van der Waals surface area contributed by atoms with E-state index >= 15 is 4.39 Å². The van der Waals surface area contributed by atoms with Crippen molar-refractivity contribution in [1.82, 2.24) is 15.0 Å². The number of phenols is 1. The summed E-state index contributed by atoms with van der Waals surface area (Å²) in [6.07, 6.45) is 3.09. The van der Waals surface area contributed by atoms with E-state index in [4.69, 9.17) is 0 Å². The van der Waals surface area contributed by atoms with E-state index in [1.807, 2.05) is 0 Å². The maximum absolute atomic E-state index is 15.1. The van der Waals surface area contributed by atoms with Gasteiger partial charge in [0.25, 0.3) is 40.5 Å². The van der Waals surface area contributed by atoms with Crippen molar-refractivity contribution in [1.29, 1.82) is 0 Å². The van der Waals surface area contributed by atoms with Gasteiger partial charge in [0.1, 0.15) is 22.1 Å². The fourth-order valence-electron chi connectivity index (χ4n) is 5.39. The second kappa shape index (κ2) is 15.1. The molecule has 0 unspecified atom stereocenters. The van der Waals surface area contributed by atoms with Gasteiger partial charge in [0, 0.05) is 36.6 Å². The van der Waals surface area contributed by atoms with E-state index in [0.717, 1.165) is 6.07 Å². The number of halogens is 2. The van der Waals surface area contributed by atoms with Crippen LogP contribution in [0.3, 0.4) is 0 Å². The average molecular weight is 895 g/mol. The third-order valence-electron chi connectivity index (χ3n) is 8.02. The van der Waals surface area contributed by atoms with Crippen LogP contribution in [0.1, 0.15) is 5.56 Å². The zero-order chi connectivity index (χ0) is 43.4. The second-order valence-electron chi connectivity index (χ2n) is 12.0. The maximum Gasteiger partial charge on any atom is 0.442 e. The summed E-state index contributed by atoms with van der Waals surface area (Å²) in [5.74, 6) is -6.49. The lowest BCUT2D eigenvalue weighted by Gasteiger charge is -2.16. The third-order valence-corrected chi connectivity index (χ3v) is 11.5. The van der Waals surface area contributed by atoms with E-state index in [-0.39, 0.29) is 23.9 Å². The number of fused-ring (bicyclic) bond motifs is 1. The minimum atomic E-state index is -5.88. The Hall–Kier alpha value is -6.33. The van der Waals surface area contributed by atoms with Gasteiger partial charge in [-0.05, 0) is 45.7 Å². The standard InChI is InChI=1S/C32H24F2N8O13S4/c1-16-8-10-42(11-9-16)32-37-30(36-31(38-32)41(2)18-6-4-3-5-7-18)35-21-14-19(56(44,45)46)12-17-13-23(57(47,48)49)26(27(43)24(17)21)40-39-22-15-20(33)28(58(50,51)52)25(34)29(22)59(53,54)55/h3-15,43H,1H2,2H3,(H,44,45,46)(H,47,48,49)(H,50,51,52)(H,53,54,55)(H,35,36,37,38). The van der Waals surface area contributed by atoms with Crippen LogP contribution in [-0.2, 0) is 40.5 Å². The van der Waals surface area contributed by atoms with E-state index in [2.05, 4.69) is 37.4 Å². The highest BCUT2D eigenvalue weighted by Crippen LogP contribution is 2.46. The summed E-state index contributed by atoms with van der Waals surface area (Å²) < 4.78 is 168. The molecule has 0 saturated heterocycles. The van der Waals surface area contributed by atoms with Gasteiger partial charge >= 0.3 is 17.8 Å². The molecule has 0 amide bonds. The smallest absolute Gasteiger partial charge is 0.442 e. The molecular weight excluding hydrogens is 871 g/mol. The summed E-state index contributed by atoms with van der Waals surface area (Å²) in [5.41, 5.74) is -2.18. The predicted octanol–water partition coefficient (Wildman–Crippen LogP) is 4.38. The molecule has 0 radical (unpaired) electrons. The first kappa shape index (κ1) is 42.3. The number of aromatic hydroxyl groups is 1. The van der Waals surface area contributed by atoms with Crippen LogP contribution in [0, 0.1) is 18.6 Å². The Balaban J connectivity index is 1.63. The number of azo groups is 1. The van der Waals surface area contributed by atoms with Gasteiger partial charge in [-0.25, -0.2) is 13.3 Å². The first-order chi connectivity index (χ1) is 27.3. The third kappa shape index (κ3) is 8.75. The Morgan fingerprint density at radius 3 is 1.97 bits per heavy atom. The normalized spacial score (nSPS) is 12.6. The number of para-hydroxylation sites is 1. The molecule has 0 atom stereocenters. The van der Waals surface area contributed by atoms with E-state index in [9.17, 15) is 61.4 Å². The SMILES string of the molecule is [CH2-]c1cc[n+](-c2nc(Nc3cc(S(=O)(=O)O)cc4cc(S(=O)(=O)O)c(N=Nc5cc(F)c(S(=O)(=O)O)c(F)c5S(=O)(=O)O)c(O)c34)nc(N(C)c3ccccc3)n2)cc1. The first-order valence-electron chi connectivity index (χ1n) is 15.7. The number of hydrogen-bond donors (Lipinski definition) is 6. The van der Waals surface area contributed by atoms with Crippen LogP contribution in [0.5, 0.6) is 5.75 Å². The first-order valence-corrected chi connectivity index (χ1v) is 21.4. The molecule has 27 heteroatoms. The molecule has 0 aliphatic heterocycles. The summed E-state index contributed by atoms with van der Waals surface area (Å²) in [7, 11) is -20.8. The number of nitrogens with one attached hydrogen (secondary N) is 1. The Morgan fingerprint density at radius 1 is 0.763 bits per heavy atom. The highest BCUT2D eigenvalue weighted by Gasteiger charge is 2.33. The molecule has 308 valence electrons. The number of rotatable bonds is 11. The van der Waals surface area contributed by atoms with Gasteiger partial charge in [0.15, 0.2) is 21.4 Å². The van der Waals surface area contributed by atoms with Gasteiger partial charge < -0.3 is 10.4 Å². The minimum absolute atomic E-state index is 0.0216. The van der Waals surface area contributed by atoms with Crippen LogP contribution < -0.4 is 14.8 Å². The number of hydrogen-bond acceptors (Lipinski definition) is 16. The van der Waals surface area contributed by atoms with Gasteiger partial charge in [-0.1, -0.05) is 18.2 Å². The summed E-state index contributed by atoms with van der Waals surface area (Å²) in [5, 5.41) is 19.7. The van der Waals surface area contributed by atoms with Gasteiger partial charge in [-0.15, -0.1) is 27.3 Å². The Labute approximate surface area is 332 Å². The van der Waals surface area contributed by atoms with Crippen molar-refractivity contribution < 1.29 is 70.3 Å². The molecule has 0 saturated carbocycles. The van der Waals surface area contributed by atoms with Crippen LogP contribution in [0.15, 0.2) is 109 Å². The second-order valence-corrected chi connectivity index (χ2v) is 17.5. The monoisotopic (exact) mass is 894 g/mol. The van der Waals surface area contributed by atoms with E-state index in [1.165, 1.54) is 9.47 Å². The lowest BCUT2D eigenvalue weighted by atomic mass is 10.1. The number of benzene rings is 4. The van der Waals surface area contributed by atoms with Crippen molar-refractivity contribution in [3.63, 3.8) is 0 Å². The number of anilines is 4. The molecular formula is C32H24F2N8O13S4. The van der Waals surface area contributed by atoms with Crippen LogP contribution in [0.25, 0.3) is 16.7 Å². The molecule has 59 heavy (non-hydrogen) atoms. The van der Waals surface area contributed by atoms with E-state index < -0.39 is 105 Å². The number of aromatic nitrogens is 4. The maximum atomic E-state index is 15.1. The van der Waals surface area contributed by atoms with Crippen molar-refractivity contribution in [3.05, 3.63) is 103 Å². The Bertz CT molecular complexity index is 3200. The van der Waals surface area contributed by atoms with Gasteiger partial charge in [-0.3, -0.25) is 23.1 Å². The van der Waals surface area contributed by atoms with Gasteiger partial charge in [0.05, 0.1) is 10.6 Å². The molecule has 0 fully saturated rings. The molecule has 21 nitrogen and oxygen atoms in total.